The number of nitrogens with zero attached hydrogens (tertiary/aromatic N) is 2. The van der Waals surface area contributed by atoms with Crippen LogP contribution in [0, 0.1) is 0 Å². The van der Waals surface area contributed by atoms with Gasteiger partial charge in [0.05, 0.1) is 6.10 Å². The van der Waals surface area contributed by atoms with Gasteiger partial charge in [-0.1, -0.05) is 13.0 Å². The van der Waals surface area contributed by atoms with E-state index in [1.54, 1.807) is 6.07 Å². The molecular weight excluding hydrogens is 244 g/mol. The third-order valence-electron chi connectivity index (χ3n) is 3.38. The van der Waals surface area contributed by atoms with Crippen LogP contribution in [0.15, 0.2) is 18.3 Å². The quantitative estimate of drug-likeness (QED) is 0.898. The Labute approximate surface area is 113 Å². The molecule has 0 saturated carbocycles. The predicted octanol–water partition coefficient (Wildman–Crippen LogP) is 1.78. The maximum Gasteiger partial charge on any atom is 0.354 e. The topological polar surface area (TPSA) is 62.7 Å². The van der Waals surface area contributed by atoms with E-state index < -0.39 is 5.97 Å². The van der Waals surface area contributed by atoms with Gasteiger partial charge in [-0.2, -0.15) is 0 Å². The van der Waals surface area contributed by atoms with Gasteiger partial charge in [0.15, 0.2) is 5.69 Å². The molecule has 104 valence electrons. The lowest BCUT2D eigenvalue weighted by Crippen LogP contribution is -2.31. The van der Waals surface area contributed by atoms with E-state index in [0.717, 1.165) is 38.1 Å². The number of hydrogen-bond donors (Lipinski definition) is 1. The summed E-state index contributed by atoms with van der Waals surface area (Å²) in [4.78, 5) is 17.3. The number of carboxylic acids is 1. The summed E-state index contributed by atoms with van der Waals surface area (Å²) in [7, 11) is 0. The first-order chi connectivity index (χ1) is 9.20. The van der Waals surface area contributed by atoms with Gasteiger partial charge in [0.1, 0.15) is 0 Å². The van der Waals surface area contributed by atoms with Crippen molar-refractivity contribution in [2.45, 2.75) is 32.4 Å². The van der Waals surface area contributed by atoms with Crippen LogP contribution in [0.4, 0.5) is 0 Å². The molecule has 0 amide bonds. The van der Waals surface area contributed by atoms with E-state index in [1.807, 2.05) is 6.07 Å². The highest BCUT2D eigenvalue weighted by molar-refractivity contribution is 5.86. The van der Waals surface area contributed by atoms with Crippen molar-refractivity contribution in [1.82, 2.24) is 9.88 Å². The molecule has 2 heterocycles. The van der Waals surface area contributed by atoms with E-state index in [-0.39, 0.29) is 11.8 Å². The van der Waals surface area contributed by atoms with E-state index in [2.05, 4.69) is 16.8 Å². The zero-order valence-corrected chi connectivity index (χ0v) is 11.2. The van der Waals surface area contributed by atoms with E-state index in [0.29, 0.717) is 6.54 Å². The van der Waals surface area contributed by atoms with Crippen molar-refractivity contribution >= 4 is 5.97 Å². The molecule has 5 nitrogen and oxygen atoms in total. The van der Waals surface area contributed by atoms with Gasteiger partial charge < -0.3 is 9.84 Å². The van der Waals surface area contributed by atoms with Gasteiger partial charge in [-0.25, -0.2) is 9.78 Å². The molecule has 2 rings (SSSR count). The molecule has 0 aliphatic carbocycles. The van der Waals surface area contributed by atoms with E-state index in [1.165, 1.54) is 6.20 Å². The Morgan fingerprint density at radius 2 is 2.47 bits per heavy atom. The normalized spacial score (nSPS) is 21.0. The van der Waals surface area contributed by atoms with Crippen LogP contribution in [-0.2, 0) is 11.3 Å². The second kappa shape index (κ2) is 6.63. The Balaban J connectivity index is 2.09. The number of pyridine rings is 1. The summed E-state index contributed by atoms with van der Waals surface area (Å²) in [6.45, 7) is 5.30. The fraction of sp³-hybridized carbons (Fsp3) is 0.571. The molecule has 0 aromatic carbocycles. The Morgan fingerprint density at radius 3 is 3.21 bits per heavy atom. The summed E-state index contributed by atoms with van der Waals surface area (Å²) in [5.74, 6) is -0.964. The molecule has 1 N–H and O–H groups in total. The van der Waals surface area contributed by atoms with Crippen LogP contribution in [0.3, 0.4) is 0 Å². The highest BCUT2D eigenvalue weighted by Gasteiger charge is 2.19. The molecule has 1 aliphatic rings. The highest BCUT2D eigenvalue weighted by Crippen LogP contribution is 2.14. The minimum atomic E-state index is -0.964. The minimum Gasteiger partial charge on any atom is -0.477 e. The number of carboxylic acid groups (broad SMARTS) is 1. The summed E-state index contributed by atoms with van der Waals surface area (Å²) in [6.07, 6.45) is 3.73. The summed E-state index contributed by atoms with van der Waals surface area (Å²) < 4.78 is 5.72. The molecule has 1 aromatic rings. The number of ether oxygens (including phenoxy) is 1. The lowest BCUT2D eigenvalue weighted by molar-refractivity contribution is 0.0509. The molecule has 1 aromatic heterocycles. The van der Waals surface area contributed by atoms with Crippen molar-refractivity contribution in [3.8, 4) is 0 Å². The molecule has 19 heavy (non-hydrogen) atoms. The molecule has 0 bridgehead atoms. The van der Waals surface area contributed by atoms with Crippen molar-refractivity contribution in [3.05, 3.63) is 29.6 Å². The van der Waals surface area contributed by atoms with Gasteiger partial charge in [0, 0.05) is 32.4 Å². The van der Waals surface area contributed by atoms with Crippen LogP contribution in [0.1, 0.15) is 35.8 Å². The Morgan fingerprint density at radius 1 is 1.63 bits per heavy atom. The van der Waals surface area contributed by atoms with Gasteiger partial charge in [0.25, 0.3) is 0 Å². The Bertz CT molecular complexity index is 436. The fourth-order valence-electron chi connectivity index (χ4n) is 2.36. The lowest BCUT2D eigenvalue weighted by atomic mass is 10.1. The Kier molecular flexibility index (Phi) is 4.87. The predicted molar refractivity (Wildman–Crippen MR) is 71.1 cm³/mol. The molecule has 1 saturated heterocycles. The third-order valence-corrected chi connectivity index (χ3v) is 3.38. The number of aromatic nitrogens is 1. The smallest absolute Gasteiger partial charge is 0.354 e. The standard InChI is InChI=1S/C14H20N2O3/c1-2-12-10-16(7-4-8-19-12)9-11-5-3-6-15-13(11)14(17)18/h3,5-6,12H,2,4,7-10H2,1H3,(H,17,18). The SMILES string of the molecule is CCC1CN(Cc2cccnc2C(=O)O)CCCO1. The maximum absolute atomic E-state index is 11.1. The monoisotopic (exact) mass is 264 g/mol. The van der Waals surface area contributed by atoms with Gasteiger partial charge in [-0.05, 0) is 24.5 Å². The molecule has 0 spiro atoms. The van der Waals surface area contributed by atoms with Crippen molar-refractivity contribution in [2.75, 3.05) is 19.7 Å². The second-order valence-corrected chi connectivity index (χ2v) is 4.81. The molecule has 1 aliphatic heterocycles. The lowest BCUT2D eigenvalue weighted by Gasteiger charge is -2.23. The first kappa shape index (κ1) is 14.0. The average Bonchev–Trinajstić information content (AvgIpc) is 2.64. The van der Waals surface area contributed by atoms with E-state index in [9.17, 15) is 4.79 Å². The van der Waals surface area contributed by atoms with E-state index >= 15 is 0 Å². The molecule has 1 atom stereocenters. The summed E-state index contributed by atoms with van der Waals surface area (Å²) in [5, 5.41) is 9.14. The van der Waals surface area contributed by atoms with Crippen LogP contribution in [0.2, 0.25) is 0 Å². The van der Waals surface area contributed by atoms with Crippen molar-refractivity contribution in [3.63, 3.8) is 0 Å². The number of hydrogen-bond acceptors (Lipinski definition) is 4. The van der Waals surface area contributed by atoms with Gasteiger partial charge in [-0.15, -0.1) is 0 Å². The first-order valence-corrected chi connectivity index (χ1v) is 6.72. The van der Waals surface area contributed by atoms with Crippen LogP contribution in [0.25, 0.3) is 0 Å². The first-order valence-electron chi connectivity index (χ1n) is 6.72. The number of carbonyl (C=O) groups is 1. The van der Waals surface area contributed by atoms with Crippen LogP contribution in [-0.4, -0.2) is 46.8 Å². The molecular formula is C14H20N2O3. The Hall–Kier alpha value is -1.46. The van der Waals surface area contributed by atoms with E-state index in [4.69, 9.17) is 9.84 Å². The van der Waals surface area contributed by atoms with Crippen LogP contribution < -0.4 is 0 Å². The number of aromatic carboxylic acids is 1. The van der Waals surface area contributed by atoms with Crippen LogP contribution in [0.5, 0.6) is 0 Å². The zero-order valence-electron chi connectivity index (χ0n) is 11.2. The van der Waals surface area contributed by atoms with Crippen molar-refractivity contribution in [1.29, 1.82) is 0 Å². The zero-order chi connectivity index (χ0) is 13.7. The molecule has 0 radical (unpaired) electrons. The van der Waals surface area contributed by atoms with Gasteiger partial charge in [0.2, 0.25) is 0 Å². The largest absolute Gasteiger partial charge is 0.477 e. The summed E-state index contributed by atoms with van der Waals surface area (Å²) >= 11 is 0. The summed E-state index contributed by atoms with van der Waals surface area (Å²) in [6, 6.07) is 3.62. The second-order valence-electron chi connectivity index (χ2n) is 4.81. The van der Waals surface area contributed by atoms with Crippen LogP contribution >= 0.6 is 0 Å². The molecule has 5 heteroatoms. The molecule has 1 unspecified atom stereocenters. The third kappa shape index (κ3) is 3.75. The minimum absolute atomic E-state index is 0.153. The molecule has 1 fully saturated rings. The average molecular weight is 264 g/mol. The fourth-order valence-corrected chi connectivity index (χ4v) is 2.36. The number of rotatable bonds is 4. The van der Waals surface area contributed by atoms with Gasteiger partial charge in [-0.3, -0.25) is 4.90 Å². The maximum atomic E-state index is 11.1. The van der Waals surface area contributed by atoms with Crippen molar-refractivity contribution < 1.29 is 14.6 Å². The highest BCUT2D eigenvalue weighted by atomic mass is 16.5. The van der Waals surface area contributed by atoms with Crippen molar-refractivity contribution in [2.24, 2.45) is 0 Å². The van der Waals surface area contributed by atoms with Gasteiger partial charge >= 0.3 is 5.97 Å². The summed E-state index contributed by atoms with van der Waals surface area (Å²) in [5.41, 5.74) is 0.924.